The van der Waals surface area contributed by atoms with Crippen LogP contribution in [0, 0.1) is 5.92 Å². The highest BCUT2D eigenvalue weighted by Crippen LogP contribution is 2.35. The van der Waals surface area contributed by atoms with E-state index in [2.05, 4.69) is 5.32 Å². The zero-order chi connectivity index (χ0) is 14.0. The first-order valence-electron chi connectivity index (χ1n) is 6.41. The second-order valence-corrected chi connectivity index (χ2v) is 7.35. The third-order valence-electron chi connectivity index (χ3n) is 3.66. The molecule has 1 saturated carbocycles. The SMILES string of the molecule is CC(NC1CCCC(C(=O)O)C1)c1cc(Cl)sc1Cl. The smallest absolute Gasteiger partial charge is 0.306 e. The molecule has 0 amide bonds. The van der Waals surface area contributed by atoms with E-state index in [0.29, 0.717) is 15.1 Å². The predicted molar refractivity (Wildman–Crippen MR) is 79.3 cm³/mol. The molecule has 3 atom stereocenters. The standard InChI is InChI=1S/C13H17Cl2NO2S/c1-7(10-6-11(14)19-12(10)15)16-9-4-2-3-8(5-9)13(17)18/h6-9,16H,2-5H2,1H3,(H,17,18). The zero-order valence-electron chi connectivity index (χ0n) is 10.7. The molecule has 3 nitrogen and oxygen atoms in total. The van der Waals surface area contributed by atoms with Crippen LogP contribution in [0.5, 0.6) is 0 Å². The number of thiophene rings is 1. The average molecular weight is 322 g/mol. The Kier molecular flexibility index (Phi) is 5.12. The lowest BCUT2D eigenvalue weighted by molar-refractivity contribution is -0.143. The summed E-state index contributed by atoms with van der Waals surface area (Å²) in [4.78, 5) is 11.0. The third-order valence-corrected chi connectivity index (χ3v) is 5.18. The molecule has 1 aliphatic carbocycles. The van der Waals surface area contributed by atoms with Crippen LogP contribution in [0.4, 0.5) is 0 Å². The van der Waals surface area contributed by atoms with Crippen molar-refractivity contribution in [1.29, 1.82) is 0 Å². The van der Waals surface area contributed by atoms with Crippen molar-refractivity contribution in [1.82, 2.24) is 5.32 Å². The van der Waals surface area contributed by atoms with Crippen molar-refractivity contribution >= 4 is 40.5 Å². The van der Waals surface area contributed by atoms with Gasteiger partial charge in [-0.3, -0.25) is 4.79 Å². The monoisotopic (exact) mass is 321 g/mol. The number of carbonyl (C=O) groups is 1. The van der Waals surface area contributed by atoms with Gasteiger partial charge in [-0.25, -0.2) is 0 Å². The van der Waals surface area contributed by atoms with E-state index in [0.717, 1.165) is 24.8 Å². The van der Waals surface area contributed by atoms with Gasteiger partial charge in [-0.15, -0.1) is 11.3 Å². The molecule has 2 rings (SSSR count). The second-order valence-electron chi connectivity index (χ2n) is 5.07. The number of hydrogen-bond acceptors (Lipinski definition) is 3. The Balaban J connectivity index is 1.97. The van der Waals surface area contributed by atoms with E-state index >= 15 is 0 Å². The first-order valence-corrected chi connectivity index (χ1v) is 7.98. The quantitative estimate of drug-likeness (QED) is 0.866. The van der Waals surface area contributed by atoms with Gasteiger partial charge in [0.05, 0.1) is 14.6 Å². The van der Waals surface area contributed by atoms with Crippen LogP contribution in [-0.4, -0.2) is 17.1 Å². The van der Waals surface area contributed by atoms with Crippen LogP contribution < -0.4 is 5.32 Å². The highest BCUT2D eigenvalue weighted by atomic mass is 35.5. The Labute approximate surface area is 126 Å². The van der Waals surface area contributed by atoms with Gasteiger partial charge >= 0.3 is 5.97 Å². The highest BCUT2D eigenvalue weighted by Gasteiger charge is 2.28. The number of nitrogens with one attached hydrogen (secondary N) is 1. The summed E-state index contributed by atoms with van der Waals surface area (Å²) >= 11 is 13.4. The normalized spacial score (nSPS) is 25.2. The molecule has 6 heteroatoms. The minimum Gasteiger partial charge on any atom is -0.481 e. The molecule has 0 bridgehead atoms. The molecule has 0 radical (unpaired) electrons. The predicted octanol–water partition coefficient (Wildman–Crippen LogP) is 4.35. The van der Waals surface area contributed by atoms with Gasteiger partial charge in [-0.2, -0.15) is 0 Å². The van der Waals surface area contributed by atoms with Crippen molar-refractivity contribution in [2.75, 3.05) is 0 Å². The van der Waals surface area contributed by atoms with Crippen LogP contribution >= 0.6 is 34.5 Å². The summed E-state index contributed by atoms with van der Waals surface area (Å²) in [5.41, 5.74) is 0.995. The van der Waals surface area contributed by atoms with Gasteiger partial charge in [0.15, 0.2) is 0 Å². The third kappa shape index (κ3) is 3.85. The van der Waals surface area contributed by atoms with Crippen molar-refractivity contribution < 1.29 is 9.90 Å². The van der Waals surface area contributed by atoms with Crippen molar-refractivity contribution in [3.63, 3.8) is 0 Å². The molecular weight excluding hydrogens is 305 g/mol. The first kappa shape index (κ1) is 15.1. The molecule has 1 heterocycles. The average Bonchev–Trinajstić information content (AvgIpc) is 2.69. The maximum absolute atomic E-state index is 11.0. The summed E-state index contributed by atoms with van der Waals surface area (Å²) in [7, 11) is 0. The highest BCUT2D eigenvalue weighted by molar-refractivity contribution is 7.20. The van der Waals surface area contributed by atoms with E-state index < -0.39 is 5.97 Å². The summed E-state index contributed by atoms with van der Waals surface area (Å²) in [6, 6.07) is 2.21. The fraction of sp³-hybridized carbons (Fsp3) is 0.615. The van der Waals surface area contributed by atoms with Gasteiger partial charge in [0.2, 0.25) is 0 Å². The van der Waals surface area contributed by atoms with Crippen LogP contribution in [0.2, 0.25) is 8.67 Å². The van der Waals surface area contributed by atoms with E-state index in [9.17, 15) is 4.79 Å². The van der Waals surface area contributed by atoms with E-state index in [4.69, 9.17) is 28.3 Å². The summed E-state index contributed by atoms with van der Waals surface area (Å²) in [6.07, 6.45) is 3.45. The number of aliphatic carboxylic acids is 1. The second kappa shape index (κ2) is 6.44. The Morgan fingerprint density at radius 2 is 2.26 bits per heavy atom. The van der Waals surface area contributed by atoms with Crippen molar-refractivity contribution in [3.8, 4) is 0 Å². The van der Waals surface area contributed by atoms with Crippen LogP contribution in [-0.2, 0) is 4.79 Å². The van der Waals surface area contributed by atoms with E-state index in [-0.39, 0.29) is 18.0 Å². The minimum absolute atomic E-state index is 0.0915. The van der Waals surface area contributed by atoms with Crippen molar-refractivity contribution in [3.05, 3.63) is 20.3 Å². The molecule has 1 aliphatic rings. The topological polar surface area (TPSA) is 49.3 Å². The lowest BCUT2D eigenvalue weighted by Gasteiger charge is -2.30. The molecule has 0 aromatic carbocycles. The lowest BCUT2D eigenvalue weighted by atomic mass is 9.85. The van der Waals surface area contributed by atoms with E-state index in [1.54, 1.807) is 0 Å². The van der Waals surface area contributed by atoms with E-state index in [1.165, 1.54) is 11.3 Å². The Hall–Kier alpha value is -0.290. The molecule has 0 spiro atoms. The first-order chi connectivity index (χ1) is 8.97. The van der Waals surface area contributed by atoms with Crippen LogP contribution in [0.15, 0.2) is 6.07 Å². The molecule has 1 aromatic heterocycles. The maximum Gasteiger partial charge on any atom is 0.306 e. The lowest BCUT2D eigenvalue weighted by Crippen LogP contribution is -2.37. The largest absolute Gasteiger partial charge is 0.481 e. The molecule has 19 heavy (non-hydrogen) atoms. The molecule has 0 aliphatic heterocycles. The molecule has 106 valence electrons. The number of hydrogen-bond donors (Lipinski definition) is 2. The van der Waals surface area contributed by atoms with Crippen LogP contribution in [0.3, 0.4) is 0 Å². The molecular formula is C13H17Cl2NO2S. The summed E-state index contributed by atoms with van der Waals surface area (Å²) in [5.74, 6) is -0.907. The van der Waals surface area contributed by atoms with Gasteiger partial charge < -0.3 is 10.4 Å². The van der Waals surface area contributed by atoms with Gasteiger partial charge in [0, 0.05) is 12.1 Å². The molecule has 1 fully saturated rings. The van der Waals surface area contributed by atoms with Crippen LogP contribution in [0.25, 0.3) is 0 Å². The molecule has 3 unspecified atom stereocenters. The fourth-order valence-corrected chi connectivity index (χ4v) is 4.30. The summed E-state index contributed by atoms with van der Waals surface area (Å²) in [6.45, 7) is 2.04. The van der Waals surface area contributed by atoms with E-state index in [1.807, 2.05) is 13.0 Å². The van der Waals surface area contributed by atoms with Gasteiger partial charge in [-0.05, 0) is 37.8 Å². The molecule has 2 N–H and O–H groups in total. The number of rotatable bonds is 4. The summed E-state index contributed by atoms with van der Waals surface area (Å²) < 4.78 is 1.39. The maximum atomic E-state index is 11.0. The zero-order valence-corrected chi connectivity index (χ0v) is 13.0. The Morgan fingerprint density at radius 1 is 1.53 bits per heavy atom. The molecule has 0 saturated heterocycles. The summed E-state index contributed by atoms with van der Waals surface area (Å²) in [5, 5.41) is 12.6. The minimum atomic E-state index is -0.684. The van der Waals surface area contributed by atoms with Crippen molar-refractivity contribution in [2.24, 2.45) is 5.92 Å². The molecule has 1 aromatic rings. The van der Waals surface area contributed by atoms with Gasteiger partial charge in [0.1, 0.15) is 0 Å². The van der Waals surface area contributed by atoms with Gasteiger partial charge in [-0.1, -0.05) is 29.6 Å². The van der Waals surface area contributed by atoms with Crippen LogP contribution in [0.1, 0.15) is 44.2 Å². The Morgan fingerprint density at radius 3 is 2.84 bits per heavy atom. The Bertz CT molecular complexity index is 463. The number of carboxylic acid groups (broad SMARTS) is 1. The van der Waals surface area contributed by atoms with Gasteiger partial charge in [0.25, 0.3) is 0 Å². The van der Waals surface area contributed by atoms with Crippen molar-refractivity contribution in [2.45, 2.75) is 44.7 Å². The number of halogens is 2. The number of carboxylic acids is 1. The fourth-order valence-electron chi connectivity index (χ4n) is 2.66.